The van der Waals surface area contributed by atoms with E-state index in [0.717, 1.165) is 19.5 Å². The number of rotatable bonds is 2. The molecule has 0 aromatic rings. The average Bonchev–Trinajstić information content (AvgIpc) is 2.04. The number of carbonyl (C=O) groups is 1. The second-order valence-corrected chi connectivity index (χ2v) is 2.82. The van der Waals surface area contributed by atoms with Gasteiger partial charge in [-0.15, -0.1) is 5.06 Å². The third kappa shape index (κ3) is 2.35. The first-order valence-corrected chi connectivity index (χ1v) is 4.18. The smallest absolute Gasteiger partial charge is 0.351 e. The summed E-state index contributed by atoms with van der Waals surface area (Å²) in [5.74, 6) is 0. The van der Waals surface area contributed by atoms with Gasteiger partial charge in [0.25, 0.3) is 0 Å². The predicted octanol–water partition coefficient (Wildman–Crippen LogP) is -0.319. The third-order valence-corrected chi connectivity index (χ3v) is 1.97. The lowest BCUT2D eigenvalue weighted by molar-refractivity contribution is -0.137. The molecule has 1 aliphatic heterocycles. The molecule has 0 spiro atoms. The molecule has 1 rings (SSSR count). The van der Waals surface area contributed by atoms with Crippen molar-refractivity contribution in [3.63, 3.8) is 0 Å². The van der Waals surface area contributed by atoms with E-state index in [1.165, 1.54) is 0 Å². The Bertz CT molecular complexity index is 163. The lowest BCUT2D eigenvalue weighted by Gasteiger charge is -2.32. The lowest BCUT2D eigenvalue weighted by atomic mass is 10.2. The molecule has 1 saturated heterocycles. The van der Waals surface area contributed by atoms with Gasteiger partial charge in [-0.1, -0.05) is 6.92 Å². The summed E-state index contributed by atoms with van der Waals surface area (Å²) in [6.07, 6.45) is 0.218. The van der Waals surface area contributed by atoms with Crippen molar-refractivity contribution in [2.75, 3.05) is 19.6 Å². The van der Waals surface area contributed by atoms with Crippen LogP contribution in [0.25, 0.3) is 0 Å². The van der Waals surface area contributed by atoms with Crippen LogP contribution in [0.2, 0.25) is 0 Å². The summed E-state index contributed by atoms with van der Waals surface area (Å²) >= 11 is 0. The van der Waals surface area contributed by atoms with Crippen LogP contribution in [0.5, 0.6) is 0 Å². The number of nitrogens with one attached hydrogen (secondary N) is 1. The molecule has 3 N–H and O–H groups in total. The van der Waals surface area contributed by atoms with E-state index in [1.54, 1.807) is 5.06 Å². The molecule has 0 radical (unpaired) electrons. The van der Waals surface area contributed by atoms with Gasteiger partial charge in [0.1, 0.15) is 0 Å². The van der Waals surface area contributed by atoms with Crippen LogP contribution >= 0.6 is 0 Å². The first-order valence-electron chi connectivity index (χ1n) is 4.18. The fourth-order valence-electron chi connectivity index (χ4n) is 1.33. The molecule has 5 nitrogen and oxygen atoms in total. The summed E-state index contributed by atoms with van der Waals surface area (Å²) in [5.41, 5.74) is 4.92. The maximum Gasteiger partial charge on any atom is 0.423 e. The SMILES string of the molecule is CCC1CNCCN1OC(N)=O. The van der Waals surface area contributed by atoms with Crippen LogP contribution in [-0.2, 0) is 4.84 Å². The van der Waals surface area contributed by atoms with Gasteiger partial charge in [-0.25, -0.2) is 4.79 Å². The largest absolute Gasteiger partial charge is 0.423 e. The molecule has 0 saturated carbocycles. The van der Waals surface area contributed by atoms with Crippen molar-refractivity contribution in [3.8, 4) is 0 Å². The Morgan fingerprint density at radius 1 is 1.83 bits per heavy atom. The van der Waals surface area contributed by atoms with Crippen LogP contribution in [0.15, 0.2) is 0 Å². The van der Waals surface area contributed by atoms with E-state index in [-0.39, 0.29) is 6.04 Å². The zero-order chi connectivity index (χ0) is 8.97. The van der Waals surface area contributed by atoms with E-state index in [4.69, 9.17) is 10.6 Å². The Hall–Kier alpha value is -0.810. The molecule has 0 bridgehead atoms. The van der Waals surface area contributed by atoms with Gasteiger partial charge in [-0.3, -0.25) is 0 Å². The van der Waals surface area contributed by atoms with Crippen molar-refractivity contribution in [1.82, 2.24) is 10.4 Å². The van der Waals surface area contributed by atoms with E-state index in [1.807, 2.05) is 0 Å². The Labute approximate surface area is 71.8 Å². The first kappa shape index (κ1) is 9.28. The Kier molecular flexibility index (Phi) is 3.31. The van der Waals surface area contributed by atoms with Gasteiger partial charge in [0.15, 0.2) is 0 Å². The monoisotopic (exact) mass is 173 g/mol. The lowest BCUT2D eigenvalue weighted by Crippen LogP contribution is -2.51. The Morgan fingerprint density at radius 2 is 2.58 bits per heavy atom. The highest BCUT2D eigenvalue weighted by molar-refractivity contribution is 5.64. The summed E-state index contributed by atoms with van der Waals surface area (Å²) < 4.78 is 0. The molecule has 0 aromatic heterocycles. The van der Waals surface area contributed by atoms with Gasteiger partial charge in [0.2, 0.25) is 0 Å². The van der Waals surface area contributed by atoms with Gasteiger partial charge in [-0.05, 0) is 6.42 Å². The number of amides is 1. The molecule has 1 aliphatic rings. The Balaban J connectivity index is 2.41. The van der Waals surface area contributed by atoms with Gasteiger partial charge in [-0.2, -0.15) is 0 Å². The number of primary amides is 1. The normalized spacial score (nSPS) is 25.2. The highest BCUT2D eigenvalue weighted by Crippen LogP contribution is 2.06. The number of piperazine rings is 1. The van der Waals surface area contributed by atoms with E-state index >= 15 is 0 Å². The molecular weight excluding hydrogens is 158 g/mol. The molecule has 12 heavy (non-hydrogen) atoms. The molecule has 0 aliphatic carbocycles. The van der Waals surface area contributed by atoms with Gasteiger partial charge < -0.3 is 15.9 Å². The van der Waals surface area contributed by atoms with Crippen LogP contribution < -0.4 is 11.1 Å². The number of nitrogens with two attached hydrogens (primary N) is 1. The Morgan fingerprint density at radius 3 is 3.17 bits per heavy atom. The fourth-order valence-corrected chi connectivity index (χ4v) is 1.33. The summed E-state index contributed by atoms with van der Waals surface area (Å²) in [4.78, 5) is 15.3. The highest BCUT2D eigenvalue weighted by atomic mass is 16.7. The van der Waals surface area contributed by atoms with Crippen LogP contribution in [0, 0.1) is 0 Å². The number of carbonyl (C=O) groups excluding carboxylic acids is 1. The summed E-state index contributed by atoms with van der Waals surface area (Å²) in [5, 5.41) is 4.87. The molecule has 70 valence electrons. The second-order valence-electron chi connectivity index (χ2n) is 2.82. The summed E-state index contributed by atoms with van der Waals surface area (Å²) in [7, 11) is 0. The van der Waals surface area contributed by atoms with Crippen LogP contribution in [0.1, 0.15) is 13.3 Å². The van der Waals surface area contributed by atoms with Crippen molar-refractivity contribution < 1.29 is 9.63 Å². The zero-order valence-corrected chi connectivity index (χ0v) is 7.25. The van der Waals surface area contributed by atoms with E-state index < -0.39 is 6.09 Å². The zero-order valence-electron chi connectivity index (χ0n) is 7.25. The van der Waals surface area contributed by atoms with Crippen molar-refractivity contribution in [2.24, 2.45) is 5.73 Å². The summed E-state index contributed by atoms with van der Waals surface area (Å²) in [6.45, 7) is 4.45. The topological polar surface area (TPSA) is 67.6 Å². The average molecular weight is 173 g/mol. The van der Waals surface area contributed by atoms with Crippen molar-refractivity contribution in [1.29, 1.82) is 0 Å². The molecule has 1 heterocycles. The maximum absolute atomic E-state index is 10.5. The van der Waals surface area contributed by atoms with Gasteiger partial charge >= 0.3 is 6.09 Å². The number of nitrogens with zero attached hydrogens (tertiary/aromatic N) is 1. The van der Waals surface area contributed by atoms with Gasteiger partial charge in [0, 0.05) is 19.6 Å². The second kappa shape index (κ2) is 4.27. The third-order valence-electron chi connectivity index (χ3n) is 1.97. The quantitative estimate of drug-likeness (QED) is 0.600. The summed E-state index contributed by atoms with van der Waals surface area (Å²) in [6, 6.07) is 0.256. The molecule has 1 fully saturated rings. The molecular formula is C7H15N3O2. The fraction of sp³-hybridized carbons (Fsp3) is 0.857. The molecule has 5 heteroatoms. The van der Waals surface area contributed by atoms with Crippen LogP contribution in [-0.4, -0.2) is 36.8 Å². The molecule has 1 amide bonds. The standard InChI is InChI=1S/C7H15N3O2/c1-2-6-5-9-3-4-10(6)12-7(8)11/h6,9H,2-5H2,1H3,(H2,8,11). The molecule has 1 atom stereocenters. The van der Waals surface area contributed by atoms with Crippen LogP contribution in [0.3, 0.4) is 0 Å². The van der Waals surface area contributed by atoms with Crippen LogP contribution in [0.4, 0.5) is 4.79 Å². The van der Waals surface area contributed by atoms with E-state index in [0.29, 0.717) is 6.54 Å². The van der Waals surface area contributed by atoms with E-state index in [2.05, 4.69) is 12.2 Å². The van der Waals surface area contributed by atoms with Gasteiger partial charge in [0.05, 0.1) is 6.04 Å². The minimum atomic E-state index is -0.727. The maximum atomic E-state index is 10.5. The number of hydrogen-bond acceptors (Lipinski definition) is 4. The predicted molar refractivity (Wildman–Crippen MR) is 44.3 cm³/mol. The minimum Gasteiger partial charge on any atom is -0.351 e. The van der Waals surface area contributed by atoms with Crippen molar-refractivity contribution in [2.45, 2.75) is 19.4 Å². The number of hydroxylamine groups is 2. The highest BCUT2D eigenvalue weighted by Gasteiger charge is 2.22. The minimum absolute atomic E-state index is 0.256. The molecule has 0 aromatic carbocycles. The van der Waals surface area contributed by atoms with Crippen molar-refractivity contribution >= 4 is 6.09 Å². The number of hydrogen-bond donors (Lipinski definition) is 2. The van der Waals surface area contributed by atoms with E-state index in [9.17, 15) is 4.79 Å². The van der Waals surface area contributed by atoms with Crippen molar-refractivity contribution in [3.05, 3.63) is 0 Å². The molecule has 1 unspecified atom stereocenters. The first-order chi connectivity index (χ1) is 5.74.